The normalized spacial score (nSPS) is 18.2. The highest BCUT2D eigenvalue weighted by Gasteiger charge is 2.25. The summed E-state index contributed by atoms with van der Waals surface area (Å²) in [6.07, 6.45) is 7.87. The molecule has 1 aliphatic carbocycles. The third-order valence-corrected chi connectivity index (χ3v) is 4.87. The Morgan fingerprint density at radius 3 is 2.59 bits per heavy atom. The number of hydrogen-bond acceptors (Lipinski definition) is 8. The number of anilines is 2. The molecule has 9 heteroatoms. The van der Waals surface area contributed by atoms with Crippen LogP contribution in [0.15, 0.2) is 47.7 Å². The third-order valence-electron chi connectivity index (χ3n) is 4.87. The summed E-state index contributed by atoms with van der Waals surface area (Å²) in [5.41, 5.74) is 1.53. The van der Waals surface area contributed by atoms with Crippen LogP contribution in [0, 0.1) is 18.3 Å². The van der Waals surface area contributed by atoms with Gasteiger partial charge in [-0.25, -0.2) is 9.97 Å². The van der Waals surface area contributed by atoms with Gasteiger partial charge in [-0.15, -0.1) is 5.10 Å². The van der Waals surface area contributed by atoms with E-state index in [0.29, 0.717) is 23.2 Å². The first-order valence-electron chi connectivity index (χ1n) is 9.39. The maximum atomic E-state index is 12.1. The molecule has 2 N–H and O–H groups in total. The zero-order valence-electron chi connectivity index (χ0n) is 15.9. The lowest BCUT2D eigenvalue weighted by molar-refractivity contribution is 0.712. The summed E-state index contributed by atoms with van der Waals surface area (Å²) < 4.78 is 1.46. The minimum absolute atomic E-state index is 0.260. The maximum Gasteiger partial charge on any atom is 0.256 e. The van der Waals surface area contributed by atoms with Crippen LogP contribution in [0.4, 0.5) is 11.8 Å². The SMILES string of the molecule is Cc1cnc(N[C@H]2CC[C@H](Nc3ccc(-n4ccc(C#N)cc4=O)cn3)C2)nn1. The summed E-state index contributed by atoms with van der Waals surface area (Å²) in [5.74, 6) is 1.31. The average Bonchev–Trinajstić information content (AvgIpc) is 3.17. The van der Waals surface area contributed by atoms with Gasteiger partial charge in [0.1, 0.15) is 5.82 Å². The molecule has 146 valence electrons. The van der Waals surface area contributed by atoms with Crippen LogP contribution in [0.2, 0.25) is 0 Å². The van der Waals surface area contributed by atoms with Gasteiger partial charge < -0.3 is 10.6 Å². The smallest absolute Gasteiger partial charge is 0.256 e. The van der Waals surface area contributed by atoms with Crippen molar-refractivity contribution in [2.24, 2.45) is 0 Å². The van der Waals surface area contributed by atoms with Gasteiger partial charge in [-0.1, -0.05) is 0 Å². The molecule has 0 amide bonds. The van der Waals surface area contributed by atoms with Crippen molar-refractivity contribution in [2.45, 2.75) is 38.3 Å². The van der Waals surface area contributed by atoms with Gasteiger partial charge in [0, 0.05) is 24.3 Å². The largest absolute Gasteiger partial charge is 0.367 e. The Balaban J connectivity index is 1.36. The zero-order valence-corrected chi connectivity index (χ0v) is 15.9. The molecule has 3 aromatic heterocycles. The zero-order chi connectivity index (χ0) is 20.2. The van der Waals surface area contributed by atoms with Gasteiger partial charge in [0.15, 0.2) is 0 Å². The minimum atomic E-state index is -0.260. The van der Waals surface area contributed by atoms with Crippen molar-refractivity contribution < 1.29 is 0 Å². The van der Waals surface area contributed by atoms with Crippen molar-refractivity contribution in [3.8, 4) is 11.8 Å². The Morgan fingerprint density at radius 1 is 1.10 bits per heavy atom. The van der Waals surface area contributed by atoms with E-state index in [4.69, 9.17) is 5.26 Å². The fourth-order valence-electron chi connectivity index (χ4n) is 3.41. The minimum Gasteiger partial charge on any atom is -0.367 e. The van der Waals surface area contributed by atoms with Crippen LogP contribution in [0.1, 0.15) is 30.5 Å². The van der Waals surface area contributed by atoms with Crippen molar-refractivity contribution in [2.75, 3.05) is 10.6 Å². The quantitative estimate of drug-likeness (QED) is 0.681. The van der Waals surface area contributed by atoms with Gasteiger partial charge in [0.05, 0.1) is 35.4 Å². The predicted molar refractivity (Wildman–Crippen MR) is 108 cm³/mol. The van der Waals surface area contributed by atoms with E-state index in [1.807, 2.05) is 25.1 Å². The highest BCUT2D eigenvalue weighted by molar-refractivity contribution is 5.42. The fourth-order valence-corrected chi connectivity index (χ4v) is 3.41. The molecular weight excluding hydrogens is 368 g/mol. The maximum absolute atomic E-state index is 12.1. The molecule has 2 atom stereocenters. The predicted octanol–water partition coefficient (Wildman–Crippen LogP) is 2.04. The molecule has 29 heavy (non-hydrogen) atoms. The van der Waals surface area contributed by atoms with Gasteiger partial charge in [-0.3, -0.25) is 9.36 Å². The fraction of sp³-hybridized carbons (Fsp3) is 0.300. The van der Waals surface area contributed by atoms with Crippen LogP contribution in [0.3, 0.4) is 0 Å². The molecule has 0 bridgehead atoms. The molecule has 0 aliphatic heterocycles. The van der Waals surface area contributed by atoms with Crippen LogP contribution in [-0.4, -0.2) is 36.8 Å². The molecule has 1 saturated carbocycles. The number of aryl methyl sites for hydroxylation is 1. The highest BCUT2D eigenvalue weighted by Crippen LogP contribution is 2.24. The van der Waals surface area contributed by atoms with Crippen molar-refractivity contribution in [3.05, 3.63) is 64.5 Å². The Labute approximate surface area is 167 Å². The second-order valence-corrected chi connectivity index (χ2v) is 7.06. The van der Waals surface area contributed by atoms with Crippen molar-refractivity contribution >= 4 is 11.8 Å². The second kappa shape index (κ2) is 8.06. The number of hydrogen-bond donors (Lipinski definition) is 2. The van der Waals surface area contributed by atoms with Crippen molar-refractivity contribution in [1.29, 1.82) is 5.26 Å². The van der Waals surface area contributed by atoms with E-state index in [-0.39, 0.29) is 11.6 Å². The Morgan fingerprint density at radius 2 is 1.93 bits per heavy atom. The summed E-state index contributed by atoms with van der Waals surface area (Å²) in [6, 6.07) is 9.14. The molecule has 1 aliphatic rings. The lowest BCUT2D eigenvalue weighted by atomic mass is 10.2. The Hall–Kier alpha value is -3.80. The van der Waals surface area contributed by atoms with E-state index in [9.17, 15) is 4.79 Å². The molecule has 3 heterocycles. The molecule has 0 unspecified atom stereocenters. The lowest BCUT2D eigenvalue weighted by Crippen LogP contribution is -2.22. The summed E-state index contributed by atoms with van der Waals surface area (Å²) in [7, 11) is 0. The van der Waals surface area contributed by atoms with E-state index >= 15 is 0 Å². The van der Waals surface area contributed by atoms with Gasteiger partial charge >= 0.3 is 0 Å². The molecule has 4 rings (SSSR count). The van der Waals surface area contributed by atoms with Crippen LogP contribution < -0.4 is 16.2 Å². The van der Waals surface area contributed by atoms with E-state index < -0.39 is 0 Å². The summed E-state index contributed by atoms with van der Waals surface area (Å²) >= 11 is 0. The summed E-state index contributed by atoms with van der Waals surface area (Å²) in [5, 5.41) is 23.7. The van der Waals surface area contributed by atoms with Crippen LogP contribution in [0.25, 0.3) is 5.69 Å². The molecule has 1 fully saturated rings. The molecule has 0 aromatic carbocycles. The number of nitrogens with zero attached hydrogens (tertiary/aromatic N) is 6. The number of aromatic nitrogens is 5. The highest BCUT2D eigenvalue weighted by atomic mass is 16.1. The third kappa shape index (κ3) is 4.38. The number of nitriles is 1. The van der Waals surface area contributed by atoms with Crippen molar-refractivity contribution in [1.82, 2.24) is 24.7 Å². The van der Waals surface area contributed by atoms with Gasteiger partial charge in [0.2, 0.25) is 5.95 Å². The van der Waals surface area contributed by atoms with Gasteiger partial charge in [-0.2, -0.15) is 10.4 Å². The van der Waals surface area contributed by atoms with Crippen LogP contribution >= 0.6 is 0 Å². The topological polar surface area (TPSA) is 121 Å². The monoisotopic (exact) mass is 388 g/mol. The molecule has 0 spiro atoms. The Kier molecular flexibility index (Phi) is 5.16. The van der Waals surface area contributed by atoms with Crippen LogP contribution in [0.5, 0.6) is 0 Å². The average molecular weight is 388 g/mol. The van der Waals surface area contributed by atoms with E-state index in [1.54, 1.807) is 24.7 Å². The lowest BCUT2D eigenvalue weighted by Gasteiger charge is -2.15. The molecule has 0 radical (unpaired) electrons. The van der Waals surface area contributed by atoms with Gasteiger partial charge in [-0.05, 0) is 44.4 Å². The second-order valence-electron chi connectivity index (χ2n) is 7.06. The molecule has 0 saturated heterocycles. The van der Waals surface area contributed by atoms with Crippen LogP contribution in [-0.2, 0) is 0 Å². The molecule has 3 aromatic rings. The molecular formula is C20H20N8O. The van der Waals surface area contributed by atoms with Gasteiger partial charge in [0.25, 0.3) is 5.56 Å². The van der Waals surface area contributed by atoms with E-state index in [1.165, 1.54) is 10.6 Å². The summed E-state index contributed by atoms with van der Waals surface area (Å²) in [4.78, 5) is 20.8. The standard InChI is InChI=1S/C20H20N8O/c1-13-11-23-20(27-26-13)25-16-3-2-15(9-16)24-18-5-4-17(12-22-18)28-7-6-14(10-21)8-19(28)29/h4-8,11-12,15-16H,2-3,9H2,1H3,(H,22,24)(H,23,25,27)/t15-,16-/m0/s1. The molecule has 9 nitrogen and oxygen atoms in total. The van der Waals surface area contributed by atoms with E-state index in [0.717, 1.165) is 30.8 Å². The summed E-state index contributed by atoms with van der Waals surface area (Å²) in [6.45, 7) is 1.86. The number of pyridine rings is 2. The Bertz CT molecular complexity index is 1090. The van der Waals surface area contributed by atoms with E-state index in [2.05, 4.69) is 30.8 Å². The first-order valence-corrected chi connectivity index (χ1v) is 9.39. The van der Waals surface area contributed by atoms with Crippen molar-refractivity contribution in [3.63, 3.8) is 0 Å². The number of rotatable bonds is 5. The first-order chi connectivity index (χ1) is 14.1. The number of nitrogens with one attached hydrogen (secondary N) is 2. The first kappa shape index (κ1) is 18.6.